The van der Waals surface area contributed by atoms with Crippen LogP contribution in [0, 0.1) is 46.3 Å². The lowest BCUT2D eigenvalue weighted by molar-refractivity contribution is -0.445. The zero-order valence-electron chi connectivity index (χ0n) is 23.3. The standard InChI is InChI=1S/C30H44O7/c1-16-12-30(13-17(2)25(32)35-30)33-21-15-28(6)22-8-7-19-18-14-29(22,10-9-27(28,5)24(16)21)37-36-20(18)11-23(31)34-26(19,3)4/h16-22,24H,7-15H2,1-6H3/t16-,17-,18+,19-,20-,21-,22+,24+,27-,28+,29-,30+/m1/s1. The fourth-order valence-electron chi connectivity index (χ4n) is 11.2. The molecule has 7 fully saturated rings. The summed E-state index contributed by atoms with van der Waals surface area (Å²) in [5.74, 6) is 0.544. The molecule has 7 heteroatoms. The third-order valence-electron chi connectivity index (χ3n) is 12.8. The van der Waals surface area contributed by atoms with E-state index < -0.39 is 11.4 Å². The highest BCUT2D eigenvalue weighted by atomic mass is 17.2. The molecule has 0 amide bonds. The first-order valence-corrected chi connectivity index (χ1v) is 14.8. The summed E-state index contributed by atoms with van der Waals surface area (Å²) in [6, 6.07) is 0. The lowest BCUT2D eigenvalue weighted by atomic mass is 9.46. The normalized spacial score (nSPS) is 57.9. The molecule has 3 saturated carbocycles. The zero-order valence-corrected chi connectivity index (χ0v) is 23.3. The van der Waals surface area contributed by atoms with Crippen LogP contribution in [0.2, 0.25) is 0 Å². The Morgan fingerprint density at radius 3 is 2.35 bits per heavy atom. The van der Waals surface area contributed by atoms with Crippen LogP contribution < -0.4 is 0 Å². The molecule has 2 spiro atoms. The van der Waals surface area contributed by atoms with Crippen LogP contribution in [0.25, 0.3) is 0 Å². The molecule has 7 aliphatic rings. The maximum absolute atomic E-state index is 12.6. The van der Waals surface area contributed by atoms with Gasteiger partial charge in [-0.25, -0.2) is 9.78 Å². The molecule has 4 heterocycles. The van der Waals surface area contributed by atoms with Gasteiger partial charge in [-0.15, -0.1) is 0 Å². The van der Waals surface area contributed by atoms with Crippen LogP contribution in [-0.4, -0.2) is 41.1 Å². The molecule has 37 heavy (non-hydrogen) atoms. The Morgan fingerprint density at radius 1 is 0.838 bits per heavy atom. The summed E-state index contributed by atoms with van der Waals surface area (Å²) in [7, 11) is 0. The first-order chi connectivity index (χ1) is 17.3. The van der Waals surface area contributed by atoms with Gasteiger partial charge in [-0.05, 0) is 86.9 Å². The quantitative estimate of drug-likeness (QED) is 0.317. The maximum atomic E-state index is 12.6. The number of cyclic esters (lactones) is 1. The smallest absolute Gasteiger partial charge is 0.311 e. The first-order valence-electron chi connectivity index (χ1n) is 14.8. The van der Waals surface area contributed by atoms with Gasteiger partial charge in [0.1, 0.15) is 17.3 Å². The fourth-order valence-corrected chi connectivity index (χ4v) is 11.2. The Morgan fingerprint density at radius 2 is 1.62 bits per heavy atom. The van der Waals surface area contributed by atoms with Crippen LogP contribution in [0.3, 0.4) is 0 Å². The van der Waals surface area contributed by atoms with Gasteiger partial charge >= 0.3 is 11.9 Å². The van der Waals surface area contributed by atoms with E-state index in [-0.39, 0.29) is 64.8 Å². The molecule has 206 valence electrons. The lowest BCUT2D eigenvalue weighted by Gasteiger charge is -2.61. The third-order valence-corrected chi connectivity index (χ3v) is 12.8. The Hall–Kier alpha value is -1.18. The Kier molecular flexibility index (Phi) is 5.04. The monoisotopic (exact) mass is 516 g/mol. The van der Waals surface area contributed by atoms with Crippen molar-refractivity contribution in [3.05, 3.63) is 0 Å². The molecule has 7 rings (SSSR count). The number of hydrogen-bond acceptors (Lipinski definition) is 7. The van der Waals surface area contributed by atoms with E-state index in [0.717, 1.165) is 44.9 Å². The van der Waals surface area contributed by atoms with Gasteiger partial charge in [-0.2, -0.15) is 0 Å². The van der Waals surface area contributed by atoms with Crippen molar-refractivity contribution in [1.82, 2.24) is 0 Å². The van der Waals surface area contributed by atoms with Crippen LogP contribution >= 0.6 is 0 Å². The van der Waals surface area contributed by atoms with Crippen molar-refractivity contribution in [1.29, 1.82) is 0 Å². The Labute approximate surface area is 220 Å². The van der Waals surface area contributed by atoms with Crippen molar-refractivity contribution in [3.8, 4) is 0 Å². The van der Waals surface area contributed by atoms with Crippen molar-refractivity contribution in [2.45, 2.75) is 129 Å². The minimum absolute atomic E-state index is 0.00910. The van der Waals surface area contributed by atoms with Crippen molar-refractivity contribution in [2.75, 3.05) is 0 Å². The minimum atomic E-state index is -0.753. The maximum Gasteiger partial charge on any atom is 0.311 e. The summed E-state index contributed by atoms with van der Waals surface area (Å²) in [4.78, 5) is 37.6. The number of carbonyl (C=O) groups excluding carboxylic acids is 2. The third kappa shape index (κ3) is 3.17. The Balaban J connectivity index is 1.25. The largest absolute Gasteiger partial charge is 0.459 e. The molecule has 7 nitrogen and oxygen atoms in total. The van der Waals surface area contributed by atoms with Gasteiger partial charge in [-0.3, -0.25) is 9.59 Å². The molecule has 0 unspecified atom stereocenters. The Bertz CT molecular complexity index is 1030. The van der Waals surface area contributed by atoms with Crippen LogP contribution in [0.5, 0.6) is 0 Å². The molecular formula is C30H44O7. The van der Waals surface area contributed by atoms with Crippen molar-refractivity contribution in [3.63, 3.8) is 0 Å². The highest BCUT2D eigenvalue weighted by molar-refractivity contribution is 5.74. The molecule has 4 aliphatic heterocycles. The van der Waals surface area contributed by atoms with Crippen molar-refractivity contribution in [2.24, 2.45) is 46.3 Å². The summed E-state index contributed by atoms with van der Waals surface area (Å²) in [5, 5.41) is 0. The second kappa shape index (κ2) is 7.51. The van der Waals surface area contributed by atoms with Crippen molar-refractivity contribution >= 4 is 11.9 Å². The van der Waals surface area contributed by atoms with Gasteiger partial charge in [0.2, 0.25) is 5.79 Å². The van der Waals surface area contributed by atoms with E-state index in [9.17, 15) is 9.59 Å². The number of fused-ring (bicyclic) bond motifs is 4. The van der Waals surface area contributed by atoms with E-state index >= 15 is 0 Å². The van der Waals surface area contributed by atoms with Gasteiger partial charge in [0.15, 0.2) is 0 Å². The van der Waals surface area contributed by atoms with Gasteiger partial charge in [0.05, 0.1) is 18.4 Å². The predicted octanol–water partition coefficient (Wildman–Crippen LogP) is 5.34. The topological polar surface area (TPSA) is 80.3 Å². The van der Waals surface area contributed by atoms with Gasteiger partial charge < -0.3 is 14.2 Å². The number of carbonyl (C=O) groups is 2. The van der Waals surface area contributed by atoms with Crippen LogP contribution in [-0.2, 0) is 33.6 Å². The summed E-state index contributed by atoms with van der Waals surface area (Å²) in [6.45, 7) is 13.5. The second-order valence-corrected chi connectivity index (χ2v) is 15.0. The average Bonchev–Trinajstić information content (AvgIpc) is 3.07. The molecular weight excluding hydrogens is 472 g/mol. The molecule has 0 radical (unpaired) electrons. The predicted molar refractivity (Wildman–Crippen MR) is 133 cm³/mol. The summed E-state index contributed by atoms with van der Waals surface area (Å²) >= 11 is 0. The van der Waals surface area contributed by atoms with Crippen LogP contribution in [0.1, 0.15) is 99.3 Å². The minimum Gasteiger partial charge on any atom is -0.459 e. The molecule has 12 atom stereocenters. The highest BCUT2D eigenvalue weighted by Gasteiger charge is 2.73. The van der Waals surface area contributed by atoms with E-state index in [0.29, 0.717) is 24.2 Å². The van der Waals surface area contributed by atoms with Crippen LogP contribution in [0.15, 0.2) is 0 Å². The highest BCUT2D eigenvalue weighted by Crippen LogP contribution is 2.74. The molecule has 4 saturated heterocycles. The second-order valence-electron chi connectivity index (χ2n) is 15.0. The number of esters is 2. The van der Waals surface area contributed by atoms with E-state index in [2.05, 4.69) is 34.6 Å². The summed E-state index contributed by atoms with van der Waals surface area (Å²) < 4.78 is 18.8. The number of ether oxygens (including phenoxy) is 3. The van der Waals surface area contributed by atoms with Gasteiger partial charge in [0.25, 0.3) is 0 Å². The lowest BCUT2D eigenvalue weighted by Crippen LogP contribution is -2.61. The van der Waals surface area contributed by atoms with E-state index in [1.54, 1.807) is 0 Å². The summed E-state index contributed by atoms with van der Waals surface area (Å²) in [6.07, 6.45) is 7.56. The summed E-state index contributed by atoms with van der Waals surface area (Å²) in [5.41, 5.74) is -0.726. The number of hydrogen-bond donors (Lipinski definition) is 0. The molecule has 0 aromatic carbocycles. The molecule has 0 aromatic rings. The SMILES string of the molecule is C[C@@H]1C[C@]2(C[C@@H](C)[C@H]3[C@@H](C[C@@]4(C)[C@@H]5CC[C@@H]6[C@@H]7C[C@@]5(CC[C@]34C)OO[C@@H]7CC(=O)OC6(C)C)O2)OC1=O. The van der Waals surface area contributed by atoms with Crippen LogP contribution in [0.4, 0.5) is 0 Å². The van der Waals surface area contributed by atoms with Gasteiger partial charge in [-0.1, -0.05) is 27.7 Å². The zero-order chi connectivity index (χ0) is 26.2. The van der Waals surface area contributed by atoms with Gasteiger partial charge in [0, 0.05) is 18.8 Å². The number of rotatable bonds is 0. The van der Waals surface area contributed by atoms with E-state index in [1.165, 1.54) is 0 Å². The fraction of sp³-hybridized carbons (Fsp3) is 0.933. The molecule has 3 aliphatic carbocycles. The van der Waals surface area contributed by atoms with Crippen molar-refractivity contribution < 1.29 is 33.6 Å². The molecule has 2 bridgehead atoms. The van der Waals surface area contributed by atoms with E-state index in [1.807, 2.05) is 6.92 Å². The molecule has 0 aromatic heterocycles. The average molecular weight is 517 g/mol. The van der Waals surface area contributed by atoms with E-state index in [4.69, 9.17) is 24.0 Å². The first kappa shape index (κ1) is 24.8. The molecule has 0 N–H and O–H groups in total.